The van der Waals surface area contributed by atoms with E-state index in [-0.39, 0.29) is 50.9 Å². The van der Waals surface area contributed by atoms with Crippen LogP contribution < -0.4 is 15.4 Å². The molecule has 3 aliphatic rings. The molecular weight excluding hydrogens is 658 g/mol. The molecule has 4 atom stereocenters. The lowest BCUT2D eigenvalue weighted by molar-refractivity contribution is -0.126. The number of anilines is 2. The SMILES string of the molecule is C=CC(=O)N1CC[C@@H](N(C)c2nc(OC[C@@]34CCCN3C[C@H](F)C4)nc3c(Cl)c(-c4ccc(F)c5sc(N)c(C#N)c45)ncc23)[C@H]1CC. The molecule has 250 valence electrons. The number of likely N-dealkylation sites (tertiary alicyclic amines) is 1. The van der Waals surface area contributed by atoms with Crippen LogP contribution in [0.3, 0.4) is 0 Å². The van der Waals surface area contributed by atoms with Crippen molar-refractivity contribution in [3.8, 4) is 23.3 Å². The first kappa shape index (κ1) is 32.4. The van der Waals surface area contributed by atoms with E-state index < -0.39 is 17.5 Å². The molecule has 3 aliphatic heterocycles. The van der Waals surface area contributed by atoms with Gasteiger partial charge in [0, 0.05) is 43.7 Å². The van der Waals surface area contributed by atoms with E-state index in [1.54, 1.807) is 6.20 Å². The summed E-state index contributed by atoms with van der Waals surface area (Å²) in [5.74, 6) is -0.104. The number of fused-ring (bicyclic) bond motifs is 3. The predicted molar refractivity (Wildman–Crippen MR) is 184 cm³/mol. The van der Waals surface area contributed by atoms with E-state index in [1.807, 2.05) is 23.8 Å². The van der Waals surface area contributed by atoms with Crippen molar-refractivity contribution in [2.45, 2.75) is 62.8 Å². The smallest absolute Gasteiger partial charge is 0.319 e. The van der Waals surface area contributed by atoms with Crippen LogP contribution in [-0.2, 0) is 4.79 Å². The standard InChI is InChI=1S/C34H35ClF2N8O2S/c1-4-23-24(9-12-45(23)25(46)5-2)43(3)32-21-15-40-28(19-7-8-22(37)30-26(19)20(14-38)31(39)48-30)27(35)29(21)41-33(42-32)47-17-34-10-6-11-44(34)16-18(36)13-34/h5,7-8,15,18,23-24H,2,4,6,9-13,16-17,39H2,1,3H3/t18-,23-,24-,34+/m1/s1. The van der Waals surface area contributed by atoms with Crippen molar-refractivity contribution in [3.63, 3.8) is 0 Å². The predicted octanol–water partition coefficient (Wildman–Crippen LogP) is 6.11. The van der Waals surface area contributed by atoms with Gasteiger partial charge in [-0.05, 0) is 50.4 Å². The fraction of sp³-hybridized carbons (Fsp3) is 0.441. The highest BCUT2D eigenvalue weighted by Crippen LogP contribution is 2.45. The van der Waals surface area contributed by atoms with E-state index in [1.165, 1.54) is 18.2 Å². The van der Waals surface area contributed by atoms with Gasteiger partial charge in [-0.2, -0.15) is 15.2 Å². The molecule has 6 heterocycles. The maximum absolute atomic E-state index is 14.9. The van der Waals surface area contributed by atoms with Crippen molar-refractivity contribution in [2.24, 2.45) is 0 Å². The molecule has 3 saturated heterocycles. The Balaban J connectivity index is 1.36. The van der Waals surface area contributed by atoms with Crippen LogP contribution in [0.4, 0.5) is 19.6 Å². The summed E-state index contributed by atoms with van der Waals surface area (Å²) in [5, 5.41) is 11.1. The molecule has 10 nitrogen and oxygen atoms in total. The highest BCUT2D eigenvalue weighted by atomic mass is 35.5. The van der Waals surface area contributed by atoms with Gasteiger partial charge in [-0.15, -0.1) is 11.3 Å². The number of amides is 1. The zero-order valence-corrected chi connectivity index (χ0v) is 28.3. The Labute approximate surface area is 285 Å². The summed E-state index contributed by atoms with van der Waals surface area (Å²) >= 11 is 8.14. The molecule has 0 bridgehead atoms. The fourth-order valence-corrected chi connectivity index (χ4v) is 9.26. The minimum Gasteiger partial charge on any atom is -0.461 e. The largest absolute Gasteiger partial charge is 0.461 e. The number of nitriles is 1. The average Bonchev–Trinajstić information content (AvgIpc) is 3.84. The summed E-state index contributed by atoms with van der Waals surface area (Å²) in [6.07, 6.45) is 5.64. The lowest BCUT2D eigenvalue weighted by Crippen LogP contribution is -2.45. The number of likely N-dealkylation sites (N-methyl/N-ethyl adjacent to an activating group) is 1. The lowest BCUT2D eigenvalue weighted by Gasteiger charge is -2.34. The number of aromatic nitrogens is 3. The molecule has 48 heavy (non-hydrogen) atoms. The Bertz CT molecular complexity index is 2000. The number of halogens is 3. The quantitative estimate of drug-likeness (QED) is 0.218. The zero-order chi connectivity index (χ0) is 33.9. The van der Waals surface area contributed by atoms with Crippen molar-refractivity contribution >= 4 is 60.7 Å². The minimum absolute atomic E-state index is 0.0822. The van der Waals surface area contributed by atoms with Crippen molar-refractivity contribution in [1.82, 2.24) is 24.8 Å². The maximum Gasteiger partial charge on any atom is 0.319 e. The first-order valence-corrected chi connectivity index (χ1v) is 17.2. The van der Waals surface area contributed by atoms with Gasteiger partial charge in [0.2, 0.25) is 5.91 Å². The number of hydrogen-bond acceptors (Lipinski definition) is 10. The van der Waals surface area contributed by atoms with Crippen LogP contribution in [0.5, 0.6) is 6.01 Å². The third-order valence-corrected chi connectivity index (χ3v) is 11.7. The van der Waals surface area contributed by atoms with Crippen LogP contribution in [0.25, 0.3) is 32.2 Å². The topological polar surface area (TPSA) is 125 Å². The Morgan fingerprint density at radius 2 is 2.19 bits per heavy atom. The Hall–Kier alpha value is -4.12. The van der Waals surface area contributed by atoms with Crippen molar-refractivity contribution in [3.05, 3.63) is 47.4 Å². The highest BCUT2D eigenvalue weighted by molar-refractivity contribution is 7.23. The second-order valence-corrected chi connectivity index (χ2v) is 14.2. The molecule has 1 aromatic carbocycles. The Morgan fingerprint density at radius 1 is 1.38 bits per heavy atom. The molecule has 0 radical (unpaired) electrons. The number of benzene rings is 1. The number of nitrogens with zero attached hydrogens (tertiary/aromatic N) is 7. The lowest BCUT2D eigenvalue weighted by atomic mass is 9.95. The first-order chi connectivity index (χ1) is 23.1. The van der Waals surface area contributed by atoms with E-state index in [9.17, 15) is 18.8 Å². The highest BCUT2D eigenvalue weighted by Gasteiger charge is 2.49. The molecule has 0 spiro atoms. The van der Waals surface area contributed by atoms with E-state index >= 15 is 0 Å². The van der Waals surface area contributed by atoms with E-state index in [0.717, 1.165) is 37.1 Å². The van der Waals surface area contributed by atoms with Crippen LogP contribution in [0.15, 0.2) is 31.0 Å². The van der Waals surface area contributed by atoms with Crippen LogP contribution >= 0.6 is 22.9 Å². The third kappa shape index (κ3) is 5.12. The van der Waals surface area contributed by atoms with Gasteiger partial charge >= 0.3 is 6.01 Å². The number of hydrogen-bond donors (Lipinski definition) is 1. The van der Waals surface area contributed by atoms with E-state index in [0.29, 0.717) is 59.3 Å². The van der Waals surface area contributed by atoms with E-state index in [4.69, 9.17) is 37.0 Å². The minimum atomic E-state index is -0.914. The third-order valence-electron chi connectivity index (χ3n) is 10.3. The number of carbonyl (C=O) groups excluding carboxylic acids is 1. The molecule has 3 fully saturated rings. The average molecular weight is 693 g/mol. The van der Waals surface area contributed by atoms with Gasteiger partial charge in [-0.3, -0.25) is 14.7 Å². The van der Waals surface area contributed by atoms with Crippen LogP contribution in [0.1, 0.15) is 44.6 Å². The van der Waals surface area contributed by atoms with Crippen molar-refractivity contribution in [2.75, 3.05) is 43.9 Å². The molecule has 2 N–H and O–H groups in total. The van der Waals surface area contributed by atoms with Gasteiger partial charge in [0.25, 0.3) is 0 Å². The molecule has 3 aromatic heterocycles. The second-order valence-electron chi connectivity index (χ2n) is 12.8. The Morgan fingerprint density at radius 3 is 2.94 bits per heavy atom. The van der Waals surface area contributed by atoms with Gasteiger partial charge in [-0.25, -0.2) is 8.78 Å². The molecular formula is C34H35ClF2N8O2S. The number of ether oxygens (including phenoxy) is 1. The molecule has 0 unspecified atom stereocenters. The number of nitrogens with two attached hydrogens (primary N) is 1. The Kier molecular flexibility index (Phi) is 8.38. The first-order valence-electron chi connectivity index (χ1n) is 16.1. The number of carbonyl (C=O) groups is 1. The molecule has 4 aromatic rings. The zero-order valence-electron chi connectivity index (χ0n) is 26.7. The van der Waals surface area contributed by atoms with Gasteiger partial charge in [-0.1, -0.05) is 25.1 Å². The summed E-state index contributed by atoms with van der Waals surface area (Å²) in [6, 6.07) is 4.84. The monoisotopic (exact) mass is 692 g/mol. The van der Waals surface area contributed by atoms with Gasteiger partial charge < -0.3 is 20.3 Å². The number of nitrogen functional groups attached to an aromatic ring is 1. The van der Waals surface area contributed by atoms with Crippen molar-refractivity contribution in [1.29, 1.82) is 5.26 Å². The summed E-state index contributed by atoms with van der Waals surface area (Å²) in [5.41, 5.74) is 6.94. The fourth-order valence-electron chi connectivity index (χ4n) is 8.02. The van der Waals surface area contributed by atoms with Gasteiger partial charge in [0.1, 0.15) is 41.0 Å². The van der Waals surface area contributed by atoms with Gasteiger partial charge in [0.05, 0.1) is 44.0 Å². The molecule has 14 heteroatoms. The van der Waals surface area contributed by atoms with Gasteiger partial charge in [0.15, 0.2) is 0 Å². The van der Waals surface area contributed by atoms with E-state index in [2.05, 4.69) is 17.5 Å². The normalized spacial score (nSPS) is 23.9. The van der Waals surface area contributed by atoms with Crippen LogP contribution in [0.2, 0.25) is 5.02 Å². The second kappa shape index (κ2) is 12.4. The summed E-state index contributed by atoms with van der Waals surface area (Å²) < 4.78 is 36.0. The summed E-state index contributed by atoms with van der Waals surface area (Å²) in [7, 11) is 1.92. The molecule has 0 aliphatic carbocycles. The molecule has 7 rings (SSSR count). The summed E-state index contributed by atoms with van der Waals surface area (Å²) in [4.78, 5) is 33.1. The number of pyridine rings is 1. The van der Waals surface area contributed by atoms with Crippen molar-refractivity contribution < 1.29 is 18.3 Å². The number of alkyl halides is 1. The number of rotatable bonds is 8. The number of thiophene rings is 1. The van der Waals surface area contributed by atoms with Crippen LogP contribution in [-0.4, -0.2) is 87.7 Å². The molecule has 0 saturated carbocycles. The molecule has 1 amide bonds. The summed E-state index contributed by atoms with van der Waals surface area (Å²) in [6.45, 7) is 7.72. The van der Waals surface area contributed by atoms with Crippen LogP contribution in [0, 0.1) is 17.1 Å². The maximum atomic E-state index is 14.9.